The van der Waals surface area contributed by atoms with Gasteiger partial charge >= 0.3 is 5.97 Å². The summed E-state index contributed by atoms with van der Waals surface area (Å²) in [7, 11) is -2.38. The molecule has 148 valence electrons. The monoisotopic (exact) mass is 422 g/mol. The molecule has 1 N–H and O–H groups in total. The molecule has 2 aromatic carbocycles. The third-order valence-corrected chi connectivity index (χ3v) is 6.66. The normalized spacial score (nSPS) is 14.6. The number of esters is 1. The number of methoxy groups -OCH3 is 1. The van der Waals surface area contributed by atoms with Crippen molar-refractivity contribution >= 4 is 39.2 Å². The van der Waals surface area contributed by atoms with Crippen molar-refractivity contribution in [2.24, 2.45) is 0 Å². The van der Waals surface area contributed by atoms with Gasteiger partial charge in [-0.05, 0) is 49.2 Å². The van der Waals surface area contributed by atoms with E-state index in [1.54, 1.807) is 0 Å². The molecule has 0 atom stereocenters. The van der Waals surface area contributed by atoms with Crippen LogP contribution in [-0.4, -0.2) is 44.8 Å². The number of hydrogen-bond acceptors (Lipinski definition) is 5. The summed E-state index contributed by atoms with van der Waals surface area (Å²) in [5.74, 6) is -1.10. The molecule has 3 rings (SSSR count). The van der Waals surface area contributed by atoms with Crippen molar-refractivity contribution in [3.8, 4) is 0 Å². The summed E-state index contributed by atoms with van der Waals surface area (Å²) < 4.78 is 31.5. The zero-order chi connectivity index (χ0) is 20.3. The third kappa shape index (κ3) is 4.19. The number of ether oxygens (including phenoxy) is 1. The molecule has 28 heavy (non-hydrogen) atoms. The molecule has 1 fully saturated rings. The maximum Gasteiger partial charge on any atom is 0.337 e. The summed E-state index contributed by atoms with van der Waals surface area (Å²) in [6.07, 6.45) is 1.66. The summed E-state index contributed by atoms with van der Waals surface area (Å²) >= 11 is 6.10. The highest BCUT2D eigenvalue weighted by molar-refractivity contribution is 7.89. The fourth-order valence-corrected chi connectivity index (χ4v) is 4.66. The summed E-state index contributed by atoms with van der Waals surface area (Å²) in [6.45, 7) is 0.962. The number of halogens is 1. The van der Waals surface area contributed by atoms with Crippen molar-refractivity contribution in [1.29, 1.82) is 0 Å². The van der Waals surface area contributed by atoms with Gasteiger partial charge in [-0.25, -0.2) is 13.2 Å². The molecule has 1 saturated heterocycles. The Kier molecular flexibility index (Phi) is 6.02. The molecule has 1 aliphatic heterocycles. The van der Waals surface area contributed by atoms with Gasteiger partial charge in [-0.1, -0.05) is 17.7 Å². The Balaban J connectivity index is 1.85. The Morgan fingerprint density at radius 1 is 1.07 bits per heavy atom. The van der Waals surface area contributed by atoms with E-state index >= 15 is 0 Å². The number of amides is 1. The van der Waals surface area contributed by atoms with Crippen LogP contribution >= 0.6 is 11.6 Å². The van der Waals surface area contributed by atoms with Crippen LogP contribution in [0.2, 0.25) is 5.02 Å². The number of carbonyl (C=O) groups excluding carboxylic acids is 2. The smallest absolute Gasteiger partial charge is 0.337 e. The van der Waals surface area contributed by atoms with Crippen LogP contribution in [0.1, 0.15) is 33.6 Å². The van der Waals surface area contributed by atoms with Crippen LogP contribution in [0, 0.1) is 0 Å². The first-order valence-corrected chi connectivity index (χ1v) is 10.4. The van der Waals surface area contributed by atoms with E-state index in [0.29, 0.717) is 13.1 Å². The van der Waals surface area contributed by atoms with Gasteiger partial charge in [0.15, 0.2) is 0 Å². The second-order valence-corrected chi connectivity index (χ2v) is 8.62. The number of carbonyl (C=O) groups is 2. The van der Waals surface area contributed by atoms with Crippen LogP contribution < -0.4 is 5.32 Å². The first-order valence-electron chi connectivity index (χ1n) is 8.62. The molecule has 0 unspecified atom stereocenters. The first kappa shape index (κ1) is 20.3. The van der Waals surface area contributed by atoms with Gasteiger partial charge in [0, 0.05) is 18.7 Å². The van der Waals surface area contributed by atoms with Crippen LogP contribution in [0.5, 0.6) is 0 Å². The van der Waals surface area contributed by atoms with E-state index in [4.69, 9.17) is 11.6 Å². The number of nitrogens with zero attached hydrogens (tertiary/aromatic N) is 1. The SMILES string of the molecule is COC(=O)c1ccc(Cl)c(NC(=O)c2cccc(S(=O)(=O)N3CCCC3)c2)c1. The predicted octanol–water partition coefficient (Wildman–Crippen LogP) is 3.16. The molecule has 0 radical (unpaired) electrons. The molecule has 0 saturated carbocycles. The largest absolute Gasteiger partial charge is 0.465 e. The fraction of sp³-hybridized carbons (Fsp3) is 0.263. The van der Waals surface area contributed by atoms with Gasteiger partial charge in [-0.3, -0.25) is 4.79 Å². The molecule has 1 aliphatic rings. The van der Waals surface area contributed by atoms with Crippen molar-refractivity contribution in [2.45, 2.75) is 17.7 Å². The Bertz CT molecular complexity index is 1020. The minimum absolute atomic E-state index is 0.0662. The summed E-state index contributed by atoms with van der Waals surface area (Å²) in [6, 6.07) is 10.2. The highest BCUT2D eigenvalue weighted by atomic mass is 35.5. The zero-order valence-corrected chi connectivity index (χ0v) is 16.7. The highest BCUT2D eigenvalue weighted by Crippen LogP contribution is 2.25. The lowest BCUT2D eigenvalue weighted by Gasteiger charge is -2.16. The van der Waals surface area contributed by atoms with E-state index in [1.807, 2.05) is 0 Å². The lowest BCUT2D eigenvalue weighted by atomic mass is 10.1. The van der Waals surface area contributed by atoms with Gasteiger partial charge in [-0.15, -0.1) is 0 Å². The van der Waals surface area contributed by atoms with Gasteiger partial charge in [0.1, 0.15) is 0 Å². The fourth-order valence-electron chi connectivity index (χ4n) is 2.94. The van der Waals surface area contributed by atoms with Crippen molar-refractivity contribution in [1.82, 2.24) is 4.31 Å². The van der Waals surface area contributed by atoms with E-state index in [0.717, 1.165) is 12.8 Å². The molecular formula is C19H19ClN2O5S. The Morgan fingerprint density at radius 3 is 2.46 bits per heavy atom. The van der Waals surface area contributed by atoms with E-state index in [9.17, 15) is 18.0 Å². The maximum absolute atomic E-state index is 12.7. The van der Waals surface area contributed by atoms with Crippen molar-refractivity contribution in [2.75, 3.05) is 25.5 Å². The average Bonchev–Trinajstić information content (AvgIpc) is 3.25. The van der Waals surface area contributed by atoms with Gasteiger partial charge in [0.2, 0.25) is 10.0 Å². The number of benzene rings is 2. The van der Waals surface area contributed by atoms with Crippen LogP contribution in [0.15, 0.2) is 47.4 Å². The van der Waals surface area contributed by atoms with Crippen molar-refractivity contribution in [3.63, 3.8) is 0 Å². The molecule has 9 heteroatoms. The van der Waals surface area contributed by atoms with Crippen LogP contribution in [0.25, 0.3) is 0 Å². The van der Waals surface area contributed by atoms with E-state index in [-0.39, 0.29) is 26.7 Å². The van der Waals surface area contributed by atoms with Crippen LogP contribution in [0.4, 0.5) is 5.69 Å². The van der Waals surface area contributed by atoms with Crippen molar-refractivity contribution < 1.29 is 22.7 Å². The maximum atomic E-state index is 12.7. The number of sulfonamides is 1. The number of rotatable bonds is 5. The topological polar surface area (TPSA) is 92.8 Å². The van der Waals surface area contributed by atoms with Gasteiger partial charge in [0.05, 0.1) is 28.3 Å². The van der Waals surface area contributed by atoms with Crippen LogP contribution in [0.3, 0.4) is 0 Å². The molecule has 2 aromatic rings. The molecule has 1 heterocycles. The van der Waals surface area contributed by atoms with Gasteiger partial charge < -0.3 is 10.1 Å². The molecule has 1 amide bonds. The second kappa shape index (κ2) is 8.30. The summed E-state index contributed by atoms with van der Waals surface area (Å²) in [5.41, 5.74) is 0.620. The summed E-state index contributed by atoms with van der Waals surface area (Å²) in [5, 5.41) is 2.84. The standard InChI is InChI=1S/C19H19ClN2O5S/c1-27-19(24)14-7-8-16(20)17(12-14)21-18(23)13-5-4-6-15(11-13)28(25,26)22-9-2-3-10-22/h4-8,11-12H,2-3,9-10H2,1H3,(H,21,23). The predicted molar refractivity (Wildman–Crippen MR) is 105 cm³/mol. The highest BCUT2D eigenvalue weighted by Gasteiger charge is 2.27. The second-order valence-electron chi connectivity index (χ2n) is 6.28. The summed E-state index contributed by atoms with van der Waals surface area (Å²) in [4.78, 5) is 24.4. The lowest BCUT2D eigenvalue weighted by Crippen LogP contribution is -2.28. The Labute approximate surface area is 168 Å². The molecule has 0 aliphatic carbocycles. The minimum atomic E-state index is -3.63. The molecular weight excluding hydrogens is 404 g/mol. The van der Waals surface area contributed by atoms with Gasteiger partial charge in [0.25, 0.3) is 5.91 Å². The molecule has 0 spiro atoms. The minimum Gasteiger partial charge on any atom is -0.465 e. The van der Waals surface area contributed by atoms with E-state index < -0.39 is 21.9 Å². The first-order chi connectivity index (χ1) is 13.3. The number of anilines is 1. The molecule has 0 aromatic heterocycles. The molecule has 7 nitrogen and oxygen atoms in total. The molecule has 0 bridgehead atoms. The number of nitrogens with one attached hydrogen (secondary N) is 1. The van der Waals surface area contributed by atoms with Gasteiger partial charge in [-0.2, -0.15) is 4.31 Å². The number of hydrogen-bond donors (Lipinski definition) is 1. The van der Waals surface area contributed by atoms with E-state index in [1.165, 1.54) is 53.9 Å². The Hall–Kier alpha value is -2.42. The van der Waals surface area contributed by atoms with Crippen LogP contribution in [-0.2, 0) is 14.8 Å². The lowest BCUT2D eigenvalue weighted by molar-refractivity contribution is 0.0600. The quantitative estimate of drug-likeness (QED) is 0.747. The Morgan fingerprint density at radius 2 is 1.79 bits per heavy atom. The van der Waals surface area contributed by atoms with Crippen molar-refractivity contribution in [3.05, 3.63) is 58.6 Å². The van der Waals surface area contributed by atoms with E-state index in [2.05, 4.69) is 10.1 Å². The average molecular weight is 423 g/mol. The third-order valence-electron chi connectivity index (χ3n) is 4.43. The zero-order valence-electron chi connectivity index (χ0n) is 15.1.